The van der Waals surface area contributed by atoms with E-state index < -0.39 is 35.2 Å². The summed E-state index contributed by atoms with van der Waals surface area (Å²) in [5, 5.41) is 0. The minimum absolute atomic E-state index is 0.0729. The maximum Gasteiger partial charge on any atom is 0.501 e. The Balaban J connectivity index is 2.12. The maximum absolute atomic E-state index is 13.0. The predicted molar refractivity (Wildman–Crippen MR) is 97.5 cm³/mol. The molecule has 11 heteroatoms. The molecule has 152 valence electrons. The lowest BCUT2D eigenvalue weighted by molar-refractivity contribution is -0.0436. The van der Waals surface area contributed by atoms with Gasteiger partial charge in [-0.1, -0.05) is 30.3 Å². The summed E-state index contributed by atoms with van der Waals surface area (Å²) in [6.07, 6.45) is 1.53. The van der Waals surface area contributed by atoms with Crippen molar-refractivity contribution in [3.8, 4) is 11.3 Å². The molecule has 0 aliphatic rings. The Morgan fingerprint density at radius 3 is 1.90 bits per heavy atom. The Bertz CT molecular complexity index is 1260. The summed E-state index contributed by atoms with van der Waals surface area (Å²) in [5.74, 6) is 0. The van der Waals surface area contributed by atoms with Gasteiger partial charge in [0.1, 0.15) is 0 Å². The minimum atomic E-state index is -5.60. The summed E-state index contributed by atoms with van der Waals surface area (Å²) < 4.78 is 87.7. The quantitative estimate of drug-likeness (QED) is 0.563. The highest BCUT2D eigenvalue weighted by molar-refractivity contribution is 7.92. The van der Waals surface area contributed by atoms with Gasteiger partial charge in [-0.3, -0.25) is 4.79 Å². The lowest BCUT2D eigenvalue weighted by Crippen LogP contribution is -2.23. The highest BCUT2D eigenvalue weighted by Crippen LogP contribution is 2.32. The molecule has 0 N–H and O–H groups in total. The molecule has 0 radical (unpaired) electrons. The SMILES string of the molecule is O=Cc1cc(-c2ccccc2)n(S(=O)(=O)c2ccc(S(=O)(=O)C(F)(F)F)cc2)c1. The summed E-state index contributed by atoms with van der Waals surface area (Å²) >= 11 is 0. The summed E-state index contributed by atoms with van der Waals surface area (Å²) in [4.78, 5) is 9.62. The monoisotopic (exact) mass is 443 g/mol. The Hall–Kier alpha value is -2.92. The molecule has 0 bridgehead atoms. The van der Waals surface area contributed by atoms with E-state index in [2.05, 4.69) is 0 Å². The highest BCUT2D eigenvalue weighted by atomic mass is 32.2. The Kier molecular flexibility index (Phi) is 5.13. The molecule has 1 heterocycles. The molecule has 3 rings (SSSR count). The average molecular weight is 443 g/mol. The number of halogens is 3. The Morgan fingerprint density at radius 1 is 0.828 bits per heavy atom. The molecule has 0 aliphatic carbocycles. The van der Waals surface area contributed by atoms with Crippen LogP contribution >= 0.6 is 0 Å². The fraction of sp³-hybridized carbons (Fsp3) is 0.0556. The molecule has 0 aliphatic heterocycles. The van der Waals surface area contributed by atoms with Crippen LogP contribution in [0.25, 0.3) is 11.3 Å². The molecule has 0 saturated heterocycles. The molecule has 29 heavy (non-hydrogen) atoms. The van der Waals surface area contributed by atoms with E-state index in [-0.39, 0.29) is 11.3 Å². The molecule has 2 aromatic carbocycles. The molecule has 6 nitrogen and oxygen atoms in total. The molecular formula is C18H12F3NO5S2. The molecule has 0 amide bonds. The first kappa shape index (κ1) is 20.8. The first-order valence-corrected chi connectivity index (χ1v) is 10.8. The van der Waals surface area contributed by atoms with Crippen LogP contribution in [0.15, 0.2) is 76.7 Å². The fourth-order valence-electron chi connectivity index (χ4n) is 2.58. The van der Waals surface area contributed by atoms with Crippen molar-refractivity contribution in [1.29, 1.82) is 0 Å². The van der Waals surface area contributed by atoms with Crippen molar-refractivity contribution >= 4 is 26.1 Å². The first-order valence-electron chi connectivity index (χ1n) is 7.88. The second-order valence-electron chi connectivity index (χ2n) is 5.86. The number of alkyl halides is 3. The van der Waals surface area contributed by atoms with Crippen LogP contribution in [0.2, 0.25) is 0 Å². The van der Waals surface area contributed by atoms with Crippen molar-refractivity contribution in [2.75, 3.05) is 0 Å². The van der Waals surface area contributed by atoms with Crippen LogP contribution in [-0.2, 0) is 19.9 Å². The van der Waals surface area contributed by atoms with Gasteiger partial charge in [-0.25, -0.2) is 20.8 Å². The number of aromatic nitrogens is 1. The van der Waals surface area contributed by atoms with E-state index in [1.165, 1.54) is 6.07 Å². The number of nitrogens with zero attached hydrogens (tertiary/aromatic N) is 1. The molecular weight excluding hydrogens is 431 g/mol. The number of carbonyl (C=O) groups excluding carboxylic acids is 1. The summed E-state index contributed by atoms with van der Waals surface area (Å²) in [6.45, 7) is 0. The van der Waals surface area contributed by atoms with Crippen LogP contribution in [0.4, 0.5) is 13.2 Å². The van der Waals surface area contributed by atoms with Gasteiger partial charge in [0.2, 0.25) is 0 Å². The van der Waals surface area contributed by atoms with Crippen molar-refractivity contribution in [3.63, 3.8) is 0 Å². The van der Waals surface area contributed by atoms with Crippen molar-refractivity contribution in [3.05, 3.63) is 72.4 Å². The van der Waals surface area contributed by atoms with Gasteiger partial charge in [-0.2, -0.15) is 13.2 Å². The Labute approximate surface area is 164 Å². The number of benzene rings is 2. The predicted octanol–water partition coefficient (Wildman–Crippen LogP) is 3.50. The first-order chi connectivity index (χ1) is 13.5. The highest BCUT2D eigenvalue weighted by Gasteiger charge is 2.46. The maximum atomic E-state index is 13.0. The van der Waals surface area contributed by atoms with Gasteiger partial charge < -0.3 is 0 Å². The van der Waals surface area contributed by atoms with Crippen molar-refractivity contribution in [2.45, 2.75) is 15.3 Å². The van der Waals surface area contributed by atoms with Gasteiger partial charge in [0, 0.05) is 11.8 Å². The van der Waals surface area contributed by atoms with Gasteiger partial charge in [-0.05, 0) is 35.9 Å². The number of hydrogen-bond acceptors (Lipinski definition) is 5. The van der Waals surface area contributed by atoms with Crippen LogP contribution < -0.4 is 0 Å². The molecule has 0 saturated carbocycles. The number of aldehydes is 1. The zero-order valence-electron chi connectivity index (χ0n) is 14.4. The van der Waals surface area contributed by atoms with Crippen LogP contribution in [0, 0.1) is 0 Å². The summed E-state index contributed by atoms with van der Waals surface area (Å²) in [6, 6.07) is 12.3. The van der Waals surface area contributed by atoms with Gasteiger partial charge in [0.05, 0.1) is 15.5 Å². The molecule has 0 atom stereocenters. The standard InChI is InChI=1S/C18H12F3NO5S2/c19-18(20,21)28(24,25)15-6-8-16(9-7-15)29(26,27)22-11-13(12-23)10-17(22)14-4-2-1-3-5-14/h1-12H. The van der Waals surface area contributed by atoms with E-state index in [0.717, 1.165) is 22.3 Å². The van der Waals surface area contributed by atoms with Crippen LogP contribution in [-0.4, -0.2) is 32.6 Å². The van der Waals surface area contributed by atoms with Gasteiger partial charge in [0.15, 0.2) is 6.29 Å². The number of sulfone groups is 1. The van der Waals surface area contributed by atoms with Gasteiger partial charge in [0.25, 0.3) is 19.9 Å². The topological polar surface area (TPSA) is 90.3 Å². The van der Waals surface area contributed by atoms with E-state index in [4.69, 9.17) is 0 Å². The van der Waals surface area contributed by atoms with Crippen molar-refractivity contribution < 1.29 is 34.8 Å². The third kappa shape index (κ3) is 3.70. The summed E-state index contributed by atoms with van der Waals surface area (Å²) in [7, 11) is -9.93. The number of rotatable bonds is 5. The third-order valence-electron chi connectivity index (χ3n) is 4.01. The molecule has 0 spiro atoms. The van der Waals surface area contributed by atoms with E-state index in [0.29, 0.717) is 24.0 Å². The largest absolute Gasteiger partial charge is 0.501 e. The van der Waals surface area contributed by atoms with E-state index in [1.54, 1.807) is 30.3 Å². The van der Waals surface area contributed by atoms with Crippen molar-refractivity contribution in [2.24, 2.45) is 0 Å². The third-order valence-corrected chi connectivity index (χ3v) is 7.20. The zero-order chi connectivity index (χ0) is 21.4. The van der Waals surface area contributed by atoms with Gasteiger partial charge >= 0.3 is 5.51 Å². The van der Waals surface area contributed by atoms with Crippen LogP contribution in [0.1, 0.15) is 10.4 Å². The lowest BCUT2D eigenvalue weighted by Gasteiger charge is -2.12. The minimum Gasteiger partial charge on any atom is -0.298 e. The Morgan fingerprint density at radius 2 is 1.38 bits per heavy atom. The van der Waals surface area contributed by atoms with Crippen LogP contribution in [0.5, 0.6) is 0 Å². The molecule has 1 aromatic heterocycles. The second-order valence-corrected chi connectivity index (χ2v) is 9.62. The van der Waals surface area contributed by atoms with E-state index in [1.807, 2.05) is 0 Å². The number of hydrogen-bond donors (Lipinski definition) is 0. The molecule has 0 unspecified atom stereocenters. The zero-order valence-corrected chi connectivity index (χ0v) is 16.0. The average Bonchev–Trinajstić information content (AvgIpc) is 3.13. The summed E-state index contributed by atoms with van der Waals surface area (Å²) in [5.41, 5.74) is -4.78. The normalized spacial score (nSPS) is 12.7. The lowest BCUT2D eigenvalue weighted by atomic mass is 10.1. The molecule has 0 fully saturated rings. The fourth-order valence-corrected chi connectivity index (χ4v) is 4.73. The smallest absolute Gasteiger partial charge is 0.298 e. The van der Waals surface area contributed by atoms with E-state index in [9.17, 15) is 34.8 Å². The van der Waals surface area contributed by atoms with E-state index >= 15 is 0 Å². The van der Waals surface area contributed by atoms with Gasteiger partial charge in [-0.15, -0.1) is 0 Å². The number of carbonyl (C=O) groups is 1. The van der Waals surface area contributed by atoms with Crippen molar-refractivity contribution in [1.82, 2.24) is 3.97 Å². The van der Waals surface area contributed by atoms with Crippen LogP contribution in [0.3, 0.4) is 0 Å². The molecule has 3 aromatic rings. The second kappa shape index (κ2) is 7.16.